The monoisotopic (exact) mass is 235 g/mol. The van der Waals surface area contributed by atoms with Crippen molar-refractivity contribution in [1.82, 2.24) is 10.1 Å². The van der Waals surface area contributed by atoms with Crippen LogP contribution in [-0.2, 0) is 0 Å². The van der Waals surface area contributed by atoms with Gasteiger partial charge < -0.3 is 9.84 Å². The summed E-state index contributed by atoms with van der Waals surface area (Å²) in [7, 11) is 0. The highest BCUT2D eigenvalue weighted by Gasteiger charge is 2.12. The Kier molecular flexibility index (Phi) is 3.08. The van der Waals surface area contributed by atoms with Crippen LogP contribution in [0.2, 0.25) is 0 Å². The van der Waals surface area contributed by atoms with E-state index < -0.39 is 0 Å². The third kappa shape index (κ3) is 2.61. The Balaban J connectivity index is 2.12. The Morgan fingerprint density at radius 1 is 1.35 bits per heavy atom. The molecule has 0 amide bonds. The van der Waals surface area contributed by atoms with Crippen LogP contribution in [-0.4, -0.2) is 10.1 Å². The van der Waals surface area contributed by atoms with Gasteiger partial charge in [-0.15, -0.1) is 0 Å². The first-order valence-corrected chi connectivity index (χ1v) is 5.39. The van der Waals surface area contributed by atoms with Crippen LogP contribution in [0.15, 0.2) is 22.7 Å². The van der Waals surface area contributed by atoms with Crippen LogP contribution >= 0.6 is 0 Å². The number of aromatic nitrogens is 2. The number of nitrogens with one attached hydrogen (secondary N) is 1. The molecule has 0 fully saturated rings. The van der Waals surface area contributed by atoms with Gasteiger partial charge >= 0.3 is 0 Å². The first-order valence-electron chi connectivity index (χ1n) is 5.39. The highest BCUT2D eigenvalue weighted by molar-refractivity contribution is 5.46. The average Bonchev–Trinajstić information content (AvgIpc) is 2.70. The highest BCUT2D eigenvalue weighted by Crippen LogP contribution is 2.19. The van der Waals surface area contributed by atoms with Crippen molar-refractivity contribution in [3.05, 3.63) is 41.3 Å². The van der Waals surface area contributed by atoms with Crippen molar-refractivity contribution in [3.63, 3.8) is 0 Å². The fraction of sp³-hybridized carbons (Fsp3) is 0.333. The molecule has 0 spiro atoms. The van der Waals surface area contributed by atoms with Gasteiger partial charge in [-0.1, -0.05) is 11.2 Å². The molecule has 1 heterocycles. The molecule has 0 radical (unpaired) electrons. The molecule has 1 N–H and O–H groups in total. The predicted molar refractivity (Wildman–Crippen MR) is 62.2 cm³/mol. The van der Waals surface area contributed by atoms with E-state index in [1.165, 1.54) is 6.07 Å². The molecule has 0 bridgehead atoms. The smallest absolute Gasteiger partial charge is 0.248 e. The fourth-order valence-corrected chi connectivity index (χ4v) is 1.48. The quantitative estimate of drug-likeness (QED) is 0.888. The number of rotatable bonds is 3. The van der Waals surface area contributed by atoms with Crippen LogP contribution in [0.1, 0.15) is 30.2 Å². The maximum absolute atomic E-state index is 13.3. The van der Waals surface area contributed by atoms with Crippen molar-refractivity contribution in [2.24, 2.45) is 0 Å². The molecular weight excluding hydrogens is 221 g/mol. The van der Waals surface area contributed by atoms with Crippen molar-refractivity contribution in [2.75, 3.05) is 5.32 Å². The Morgan fingerprint density at radius 3 is 2.71 bits per heavy atom. The zero-order valence-corrected chi connectivity index (χ0v) is 9.99. The summed E-state index contributed by atoms with van der Waals surface area (Å²) in [6.07, 6.45) is 0. The molecule has 0 aliphatic rings. The third-order valence-corrected chi connectivity index (χ3v) is 2.47. The fourth-order valence-electron chi connectivity index (χ4n) is 1.48. The number of benzene rings is 1. The zero-order valence-electron chi connectivity index (χ0n) is 9.99. The van der Waals surface area contributed by atoms with Crippen LogP contribution in [0.25, 0.3) is 0 Å². The standard InChI is InChI=1S/C12H14FN3O/c1-7-4-5-10(6-11(7)13)14-8(2)12-15-9(3)16-17-12/h4-6,8,14H,1-3H3. The van der Waals surface area contributed by atoms with Gasteiger partial charge in [0.1, 0.15) is 11.9 Å². The summed E-state index contributed by atoms with van der Waals surface area (Å²) in [5.74, 6) is 0.844. The second-order valence-corrected chi connectivity index (χ2v) is 4.01. The Bertz CT molecular complexity index is 524. The van der Waals surface area contributed by atoms with Crippen LogP contribution in [0, 0.1) is 19.7 Å². The molecule has 0 saturated carbocycles. The van der Waals surface area contributed by atoms with Gasteiger partial charge in [-0.3, -0.25) is 0 Å². The topological polar surface area (TPSA) is 51.0 Å². The van der Waals surface area contributed by atoms with E-state index in [0.29, 0.717) is 23.0 Å². The molecule has 1 aromatic heterocycles. The van der Waals surface area contributed by atoms with Crippen LogP contribution in [0.3, 0.4) is 0 Å². The molecule has 0 aliphatic carbocycles. The summed E-state index contributed by atoms with van der Waals surface area (Å²) in [4.78, 5) is 4.11. The summed E-state index contributed by atoms with van der Waals surface area (Å²) < 4.78 is 18.4. The zero-order chi connectivity index (χ0) is 12.4. The second-order valence-electron chi connectivity index (χ2n) is 4.01. The molecular formula is C12H14FN3O. The lowest BCUT2D eigenvalue weighted by atomic mass is 10.2. The van der Waals surface area contributed by atoms with Gasteiger partial charge in [-0.2, -0.15) is 4.98 Å². The minimum atomic E-state index is -0.232. The van der Waals surface area contributed by atoms with E-state index in [4.69, 9.17) is 4.52 Å². The average molecular weight is 235 g/mol. The summed E-state index contributed by atoms with van der Waals surface area (Å²) >= 11 is 0. The maximum Gasteiger partial charge on any atom is 0.248 e. The summed E-state index contributed by atoms with van der Waals surface area (Å²) in [5.41, 5.74) is 1.31. The Hall–Kier alpha value is -1.91. The molecule has 1 aromatic carbocycles. The maximum atomic E-state index is 13.3. The van der Waals surface area contributed by atoms with Crippen LogP contribution < -0.4 is 5.32 Å². The molecule has 2 rings (SSSR count). The van der Waals surface area contributed by atoms with E-state index in [1.807, 2.05) is 13.0 Å². The molecule has 1 atom stereocenters. The number of aryl methyl sites for hydroxylation is 2. The molecule has 5 heteroatoms. The van der Waals surface area contributed by atoms with E-state index in [2.05, 4.69) is 15.5 Å². The SMILES string of the molecule is Cc1noc(C(C)Nc2ccc(C)c(F)c2)n1. The number of hydrogen-bond donors (Lipinski definition) is 1. The number of halogens is 1. The molecule has 4 nitrogen and oxygen atoms in total. The van der Waals surface area contributed by atoms with Crippen molar-refractivity contribution < 1.29 is 8.91 Å². The second kappa shape index (κ2) is 4.53. The first kappa shape index (κ1) is 11.6. The number of nitrogens with zero attached hydrogens (tertiary/aromatic N) is 2. The molecule has 0 saturated heterocycles. The minimum Gasteiger partial charge on any atom is -0.374 e. The lowest BCUT2D eigenvalue weighted by molar-refractivity contribution is 0.364. The normalized spacial score (nSPS) is 12.5. The highest BCUT2D eigenvalue weighted by atomic mass is 19.1. The van der Waals surface area contributed by atoms with E-state index in [-0.39, 0.29) is 11.9 Å². The molecule has 17 heavy (non-hydrogen) atoms. The Labute approximate surface area is 98.8 Å². The Morgan fingerprint density at radius 2 is 2.12 bits per heavy atom. The summed E-state index contributed by atoms with van der Waals surface area (Å²) in [6, 6.07) is 4.84. The van der Waals surface area contributed by atoms with Gasteiger partial charge in [-0.05, 0) is 38.5 Å². The first-order chi connectivity index (χ1) is 8.06. The number of anilines is 1. The van der Waals surface area contributed by atoms with Crippen LogP contribution in [0.4, 0.5) is 10.1 Å². The van der Waals surface area contributed by atoms with E-state index in [0.717, 1.165) is 0 Å². The van der Waals surface area contributed by atoms with E-state index in [9.17, 15) is 4.39 Å². The summed E-state index contributed by atoms with van der Waals surface area (Å²) in [6.45, 7) is 5.36. The van der Waals surface area contributed by atoms with E-state index in [1.54, 1.807) is 19.9 Å². The molecule has 0 aliphatic heterocycles. The molecule has 90 valence electrons. The third-order valence-electron chi connectivity index (χ3n) is 2.47. The molecule has 1 unspecified atom stereocenters. The van der Waals surface area contributed by atoms with Gasteiger partial charge in [0.05, 0.1) is 0 Å². The van der Waals surface area contributed by atoms with Crippen molar-refractivity contribution in [3.8, 4) is 0 Å². The largest absolute Gasteiger partial charge is 0.374 e. The number of hydrogen-bond acceptors (Lipinski definition) is 4. The van der Waals surface area contributed by atoms with Crippen molar-refractivity contribution >= 4 is 5.69 Å². The van der Waals surface area contributed by atoms with Crippen molar-refractivity contribution in [2.45, 2.75) is 26.8 Å². The lowest BCUT2D eigenvalue weighted by Gasteiger charge is -2.11. The van der Waals surface area contributed by atoms with Gasteiger partial charge in [0.2, 0.25) is 5.89 Å². The summed E-state index contributed by atoms with van der Waals surface area (Å²) in [5, 5.41) is 6.81. The van der Waals surface area contributed by atoms with E-state index >= 15 is 0 Å². The minimum absolute atomic E-state index is 0.154. The lowest BCUT2D eigenvalue weighted by Crippen LogP contribution is -2.07. The van der Waals surface area contributed by atoms with Crippen LogP contribution in [0.5, 0.6) is 0 Å². The van der Waals surface area contributed by atoms with Gasteiger partial charge in [-0.25, -0.2) is 4.39 Å². The van der Waals surface area contributed by atoms with Gasteiger partial charge in [0.25, 0.3) is 0 Å². The predicted octanol–water partition coefficient (Wildman–Crippen LogP) is 3.00. The van der Waals surface area contributed by atoms with Crippen molar-refractivity contribution in [1.29, 1.82) is 0 Å². The van der Waals surface area contributed by atoms with Gasteiger partial charge in [0.15, 0.2) is 5.82 Å². The van der Waals surface area contributed by atoms with Gasteiger partial charge in [0, 0.05) is 5.69 Å². The molecule has 2 aromatic rings.